The first kappa shape index (κ1) is 13.0. The number of hydrogen-bond acceptors (Lipinski definition) is 5. The molecule has 6 heteroatoms. The largest absolute Gasteiger partial charge is 0.374 e. The molecular weight excluding hydrogens is 292 g/mol. The quantitative estimate of drug-likeness (QED) is 0.781. The number of nitrogens with two attached hydrogens (primary N) is 1. The van der Waals surface area contributed by atoms with Crippen LogP contribution in [0.25, 0.3) is 21.8 Å². The van der Waals surface area contributed by atoms with Gasteiger partial charge < -0.3 is 5.73 Å². The van der Waals surface area contributed by atoms with Crippen molar-refractivity contribution in [3.8, 4) is 21.8 Å². The van der Waals surface area contributed by atoms with E-state index < -0.39 is 0 Å². The highest BCUT2D eigenvalue weighted by Gasteiger charge is 2.10. The summed E-state index contributed by atoms with van der Waals surface area (Å²) in [5, 5.41) is 9.84. The van der Waals surface area contributed by atoms with Crippen LogP contribution in [0.4, 0.5) is 5.13 Å². The third kappa shape index (κ3) is 2.50. The topological polar surface area (TPSA) is 64.7 Å². The number of nitrogen functional groups attached to an aromatic ring is 1. The summed E-state index contributed by atoms with van der Waals surface area (Å²) >= 11 is 7.25. The summed E-state index contributed by atoms with van der Waals surface area (Å²) in [6.07, 6.45) is 0. The Morgan fingerprint density at radius 3 is 2.40 bits per heavy atom. The van der Waals surface area contributed by atoms with Crippen molar-refractivity contribution in [2.24, 2.45) is 0 Å². The van der Waals surface area contributed by atoms with Crippen molar-refractivity contribution in [2.75, 3.05) is 5.73 Å². The van der Waals surface area contributed by atoms with Crippen LogP contribution < -0.4 is 5.73 Å². The van der Waals surface area contributed by atoms with Crippen LogP contribution >= 0.6 is 22.9 Å². The minimum atomic E-state index is 0.459. The van der Waals surface area contributed by atoms with Gasteiger partial charge in [-0.05, 0) is 31.2 Å². The minimum Gasteiger partial charge on any atom is -0.374 e. The Morgan fingerprint density at radius 2 is 1.80 bits per heavy atom. The van der Waals surface area contributed by atoms with Crippen LogP contribution in [0, 0.1) is 6.92 Å². The molecule has 4 nitrogen and oxygen atoms in total. The normalized spacial score (nSPS) is 10.7. The Balaban J connectivity index is 2.01. The maximum atomic E-state index is 5.89. The highest BCUT2D eigenvalue weighted by atomic mass is 35.5. The molecule has 2 aromatic heterocycles. The number of halogens is 1. The van der Waals surface area contributed by atoms with Crippen molar-refractivity contribution < 1.29 is 0 Å². The summed E-state index contributed by atoms with van der Waals surface area (Å²) in [4.78, 5) is 4.61. The first-order chi connectivity index (χ1) is 9.63. The van der Waals surface area contributed by atoms with E-state index >= 15 is 0 Å². The van der Waals surface area contributed by atoms with Crippen molar-refractivity contribution in [1.29, 1.82) is 0 Å². The first-order valence-electron chi connectivity index (χ1n) is 5.96. The molecule has 0 aliphatic carbocycles. The Labute approximate surface area is 125 Å². The van der Waals surface area contributed by atoms with Gasteiger partial charge in [-0.2, -0.15) is 0 Å². The number of rotatable bonds is 2. The number of aryl methyl sites for hydroxylation is 1. The van der Waals surface area contributed by atoms with Crippen LogP contribution in [-0.2, 0) is 0 Å². The van der Waals surface area contributed by atoms with Gasteiger partial charge >= 0.3 is 0 Å². The lowest BCUT2D eigenvalue weighted by Crippen LogP contribution is -1.91. The predicted octanol–water partition coefficient (Wildman–Crippen LogP) is 3.81. The second-order valence-corrected chi connectivity index (χ2v) is 5.73. The molecule has 0 aliphatic rings. The molecule has 0 unspecified atom stereocenters. The lowest BCUT2D eigenvalue weighted by Gasteiger charge is -2.05. The van der Waals surface area contributed by atoms with Gasteiger partial charge in [0.1, 0.15) is 0 Å². The van der Waals surface area contributed by atoms with Crippen molar-refractivity contribution in [2.45, 2.75) is 6.92 Å². The van der Waals surface area contributed by atoms with E-state index in [-0.39, 0.29) is 0 Å². The zero-order valence-electron chi connectivity index (χ0n) is 10.7. The first-order valence-corrected chi connectivity index (χ1v) is 7.16. The average Bonchev–Trinajstić information content (AvgIpc) is 2.86. The number of aromatic nitrogens is 3. The maximum absolute atomic E-state index is 5.89. The standard InChI is InChI=1S/C14H11ClN4S/c1-8-11(13-18-19-14(16)20-13)6-7-12(17-8)9-2-4-10(15)5-3-9/h2-7H,1H3,(H2,16,19). The SMILES string of the molecule is Cc1nc(-c2ccc(Cl)cc2)ccc1-c1nnc(N)s1. The van der Waals surface area contributed by atoms with Gasteiger partial charge in [-0.25, -0.2) is 0 Å². The van der Waals surface area contributed by atoms with E-state index in [4.69, 9.17) is 17.3 Å². The van der Waals surface area contributed by atoms with Crippen LogP contribution in [0.3, 0.4) is 0 Å². The fourth-order valence-electron chi connectivity index (χ4n) is 1.91. The Bertz CT molecular complexity index is 752. The zero-order valence-corrected chi connectivity index (χ0v) is 12.2. The lowest BCUT2D eigenvalue weighted by atomic mass is 10.1. The summed E-state index contributed by atoms with van der Waals surface area (Å²) in [6.45, 7) is 1.95. The summed E-state index contributed by atoms with van der Waals surface area (Å²) in [6, 6.07) is 11.6. The molecule has 1 aromatic carbocycles. The van der Waals surface area contributed by atoms with Gasteiger partial charge in [0.2, 0.25) is 5.13 Å². The van der Waals surface area contributed by atoms with E-state index in [9.17, 15) is 0 Å². The molecule has 0 spiro atoms. The molecule has 0 bridgehead atoms. The number of anilines is 1. The smallest absolute Gasteiger partial charge is 0.203 e. The average molecular weight is 303 g/mol. The van der Waals surface area contributed by atoms with Gasteiger partial charge in [-0.1, -0.05) is 35.1 Å². The Hall–Kier alpha value is -1.98. The molecule has 0 radical (unpaired) electrons. The summed E-state index contributed by atoms with van der Waals surface area (Å²) in [5.74, 6) is 0. The summed E-state index contributed by atoms with van der Waals surface area (Å²) in [7, 11) is 0. The molecule has 2 N–H and O–H groups in total. The van der Waals surface area contributed by atoms with E-state index in [0.717, 1.165) is 27.5 Å². The van der Waals surface area contributed by atoms with E-state index in [0.29, 0.717) is 10.2 Å². The molecule has 0 fully saturated rings. The Morgan fingerprint density at radius 1 is 1.05 bits per heavy atom. The molecule has 3 rings (SSSR count). The van der Waals surface area contributed by atoms with E-state index in [1.165, 1.54) is 11.3 Å². The molecule has 0 amide bonds. The van der Waals surface area contributed by atoms with Crippen molar-refractivity contribution in [3.63, 3.8) is 0 Å². The van der Waals surface area contributed by atoms with Crippen LogP contribution in [-0.4, -0.2) is 15.2 Å². The predicted molar refractivity (Wildman–Crippen MR) is 82.7 cm³/mol. The molecular formula is C14H11ClN4S. The molecule has 2 heterocycles. The molecule has 100 valence electrons. The van der Waals surface area contributed by atoms with E-state index in [1.807, 2.05) is 43.3 Å². The Kier molecular flexibility index (Phi) is 3.38. The van der Waals surface area contributed by atoms with E-state index in [2.05, 4.69) is 15.2 Å². The van der Waals surface area contributed by atoms with Gasteiger partial charge in [-0.15, -0.1) is 10.2 Å². The van der Waals surface area contributed by atoms with Crippen LogP contribution in [0.2, 0.25) is 5.02 Å². The highest BCUT2D eigenvalue weighted by molar-refractivity contribution is 7.18. The van der Waals surface area contributed by atoms with Crippen LogP contribution in [0.1, 0.15) is 5.69 Å². The second kappa shape index (κ2) is 5.19. The zero-order chi connectivity index (χ0) is 14.1. The molecule has 0 saturated heterocycles. The van der Waals surface area contributed by atoms with Crippen molar-refractivity contribution >= 4 is 28.1 Å². The van der Waals surface area contributed by atoms with Gasteiger partial charge in [0.05, 0.1) is 5.69 Å². The monoisotopic (exact) mass is 302 g/mol. The fourth-order valence-corrected chi connectivity index (χ4v) is 2.73. The van der Waals surface area contributed by atoms with Crippen molar-refractivity contribution in [3.05, 3.63) is 47.1 Å². The van der Waals surface area contributed by atoms with Crippen LogP contribution in [0.15, 0.2) is 36.4 Å². The van der Waals surface area contributed by atoms with Crippen LogP contribution in [0.5, 0.6) is 0 Å². The second-order valence-electron chi connectivity index (χ2n) is 4.28. The number of pyridine rings is 1. The maximum Gasteiger partial charge on any atom is 0.203 e. The molecule has 0 saturated carbocycles. The van der Waals surface area contributed by atoms with Gasteiger partial charge in [0, 0.05) is 21.8 Å². The molecule has 0 aliphatic heterocycles. The third-order valence-electron chi connectivity index (χ3n) is 2.90. The van der Waals surface area contributed by atoms with E-state index in [1.54, 1.807) is 0 Å². The molecule has 0 atom stereocenters. The minimum absolute atomic E-state index is 0.459. The van der Waals surface area contributed by atoms with Gasteiger partial charge in [-0.3, -0.25) is 4.98 Å². The summed E-state index contributed by atoms with van der Waals surface area (Å²) in [5.41, 5.74) is 9.40. The number of benzene rings is 1. The van der Waals surface area contributed by atoms with Crippen molar-refractivity contribution in [1.82, 2.24) is 15.2 Å². The summed E-state index contributed by atoms with van der Waals surface area (Å²) < 4.78 is 0. The van der Waals surface area contributed by atoms with Gasteiger partial charge in [0.15, 0.2) is 5.01 Å². The number of nitrogens with zero attached hydrogens (tertiary/aromatic N) is 3. The highest BCUT2D eigenvalue weighted by Crippen LogP contribution is 2.29. The fraction of sp³-hybridized carbons (Fsp3) is 0.0714. The lowest BCUT2D eigenvalue weighted by molar-refractivity contribution is 1.09. The number of hydrogen-bond donors (Lipinski definition) is 1. The molecule has 3 aromatic rings. The van der Waals surface area contributed by atoms with Gasteiger partial charge in [0.25, 0.3) is 0 Å². The third-order valence-corrected chi connectivity index (χ3v) is 3.93. The molecule has 20 heavy (non-hydrogen) atoms.